The van der Waals surface area contributed by atoms with E-state index in [1.807, 2.05) is 43.3 Å². The van der Waals surface area contributed by atoms with Gasteiger partial charge in [-0.25, -0.2) is 5.43 Å². The average molecular weight is 268 g/mol. The third kappa shape index (κ3) is 3.65. The molecule has 0 unspecified atom stereocenters. The van der Waals surface area contributed by atoms with Crippen molar-refractivity contribution >= 4 is 17.8 Å². The molecule has 0 saturated carbocycles. The summed E-state index contributed by atoms with van der Waals surface area (Å²) in [5, 5.41) is 3.91. The molecule has 1 N–H and O–H groups in total. The Morgan fingerprint density at radius 1 is 1.15 bits per heavy atom. The van der Waals surface area contributed by atoms with Crippen LogP contribution in [0.25, 0.3) is 0 Å². The molecular weight excluding hydrogens is 252 g/mol. The molecule has 102 valence electrons. The van der Waals surface area contributed by atoms with Crippen molar-refractivity contribution in [2.45, 2.75) is 0 Å². The van der Waals surface area contributed by atoms with Crippen LogP contribution in [0, 0.1) is 0 Å². The van der Waals surface area contributed by atoms with E-state index in [1.54, 1.807) is 30.7 Å². The highest BCUT2D eigenvalue weighted by Crippen LogP contribution is 2.11. The van der Waals surface area contributed by atoms with Crippen molar-refractivity contribution in [1.29, 1.82) is 0 Å². The molecule has 1 aromatic carbocycles. The van der Waals surface area contributed by atoms with Crippen molar-refractivity contribution in [2.24, 2.45) is 5.10 Å². The molecular formula is C15H16N4O. The zero-order valence-corrected chi connectivity index (χ0v) is 11.4. The smallest absolute Gasteiger partial charge is 0.271 e. The normalized spacial score (nSPS) is 10.5. The van der Waals surface area contributed by atoms with Crippen molar-refractivity contribution in [3.8, 4) is 0 Å². The highest BCUT2D eigenvalue weighted by molar-refractivity contribution is 5.95. The van der Waals surface area contributed by atoms with E-state index >= 15 is 0 Å². The quantitative estimate of drug-likeness (QED) is 0.680. The van der Waals surface area contributed by atoms with E-state index in [-0.39, 0.29) is 5.91 Å². The van der Waals surface area contributed by atoms with Crippen LogP contribution in [0.4, 0.5) is 5.69 Å². The Balaban J connectivity index is 1.96. The van der Waals surface area contributed by atoms with Crippen LogP contribution in [-0.2, 0) is 0 Å². The minimum atomic E-state index is -0.236. The number of hydrogen-bond donors (Lipinski definition) is 1. The van der Waals surface area contributed by atoms with Crippen LogP contribution in [-0.4, -0.2) is 31.2 Å². The number of rotatable bonds is 4. The van der Waals surface area contributed by atoms with Crippen LogP contribution in [0.15, 0.2) is 53.9 Å². The van der Waals surface area contributed by atoms with Gasteiger partial charge in [-0.3, -0.25) is 9.78 Å². The highest BCUT2D eigenvalue weighted by atomic mass is 16.2. The molecule has 0 aliphatic carbocycles. The maximum atomic E-state index is 11.9. The molecule has 5 heteroatoms. The van der Waals surface area contributed by atoms with E-state index in [4.69, 9.17) is 0 Å². The number of carbonyl (C=O) groups excluding carboxylic acids is 1. The zero-order chi connectivity index (χ0) is 14.4. The molecule has 2 rings (SSSR count). The van der Waals surface area contributed by atoms with E-state index in [9.17, 15) is 4.79 Å². The van der Waals surface area contributed by atoms with Gasteiger partial charge in [-0.15, -0.1) is 0 Å². The molecule has 20 heavy (non-hydrogen) atoms. The SMILES string of the molecule is CN(C)c1ccc(C(=O)N/N=C/c2ccncc2)cc1. The van der Waals surface area contributed by atoms with Gasteiger partial charge in [0, 0.05) is 37.7 Å². The van der Waals surface area contributed by atoms with Gasteiger partial charge in [0.25, 0.3) is 5.91 Å². The number of benzene rings is 1. The third-order valence-corrected chi connectivity index (χ3v) is 2.73. The van der Waals surface area contributed by atoms with Gasteiger partial charge in [0.1, 0.15) is 0 Å². The van der Waals surface area contributed by atoms with Crippen molar-refractivity contribution in [3.05, 3.63) is 59.9 Å². The first kappa shape index (κ1) is 13.7. The van der Waals surface area contributed by atoms with Gasteiger partial charge >= 0.3 is 0 Å². The second kappa shape index (κ2) is 6.47. The fraction of sp³-hybridized carbons (Fsp3) is 0.133. The van der Waals surface area contributed by atoms with Crippen molar-refractivity contribution in [1.82, 2.24) is 10.4 Å². The summed E-state index contributed by atoms with van der Waals surface area (Å²) >= 11 is 0. The number of aromatic nitrogens is 1. The summed E-state index contributed by atoms with van der Waals surface area (Å²) in [6.45, 7) is 0. The predicted molar refractivity (Wildman–Crippen MR) is 80.1 cm³/mol. The van der Waals surface area contributed by atoms with Gasteiger partial charge in [0.2, 0.25) is 0 Å². The molecule has 1 aromatic heterocycles. The molecule has 0 saturated heterocycles. The van der Waals surface area contributed by atoms with E-state index in [0.29, 0.717) is 5.56 Å². The Bertz CT molecular complexity index is 591. The van der Waals surface area contributed by atoms with Crippen LogP contribution in [0.1, 0.15) is 15.9 Å². The molecule has 0 aliphatic rings. The Morgan fingerprint density at radius 2 is 1.80 bits per heavy atom. The lowest BCUT2D eigenvalue weighted by atomic mass is 10.2. The Kier molecular flexibility index (Phi) is 4.44. The number of amides is 1. The molecule has 0 bridgehead atoms. The Morgan fingerprint density at radius 3 is 2.40 bits per heavy atom. The Hall–Kier alpha value is -2.69. The molecule has 1 amide bonds. The van der Waals surface area contributed by atoms with Crippen LogP contribution >= 0.6 is 0 Å². The van der Waals surface area contributed by atoms with E-state index < -0.39 is 0 Å². The molecule has 1 heterocycles. The summed E-state index contributed by atoms with van der Waals surface area (Å²) in [4.78, 5) is 17.7. The first-order valence-electron chi connectivity index (χ1n) is 6.17. The number of anilines is 1. The van der Waals surface area contributed by atoms with Crippen molar-refractivity contribution in [2.75, 3.05) is 19.0 Å². The number of carbonyl (C=O) groups is 1. The molecule has 5 nitrogen and oxygen atoms in total. The van der Waals surface area contributed by atoms with Gasteiger partial charge in [0.15, 0.2) is 0 Å². The molecule has 0 spiro atoms. The maximum absolute atomic E-state index is 11.9. The lowest BCUT2D eigenvalue weighted by Gasteiger charge is -2.12. The summed E-state index contributed by atoms with van der Waals surface area (Å²) in [5.74, 6) is -0.236. The van der Waals surface area contributed by atoms with Crippen LogP contribution < -0.4 is 10.3 Å². The number of nitrogens with one attached hydrogen (secondary N) is 1. The highest BCUT2D eigenvalue weighted by Gasteiger charge is 2.04. The number of hydrogen-bond acceptors (Lipinski definition) is 4. The number of nitrogens with zero attached hydrogens (tertiary/aromatic N) is 3. The van der Waals surface area contributed by atoms with Gasteiger partial charge in [-0.1, -0.05) is 0 Å². The minimum absolute atomic E-state index is 0.236. The minimum Gasteiger partial charge on any atom is -0.378 e. The molecule has 0 fully saturated rings. The number of hydrazone groups is 1. The lowest BCUT2D eigenvalue weighted by Crippen LogP contribution is -2.17. The first-order chi connectivity index (χ1) is 9.66. The van der Waals surface area contributed by atoms with Crippen LogP contribution in [0.5, 0.6) is 0 Å². The summed E-state index contributed by atoms with van der Waals surface area (Å²) in [7, 11) is 3.90. The summed E-state index contributed by atoms with van der Waals surface area (Å²) < 4.78 is 0. The standard InChI is InChI=1S/C15H16N4O/c1-19(2)14-5-3-13(4-6-14)15(20)18-17-11-12-7-9-16-10-8-12/h3-11H,1-2H3,(H,18,20)/b17-11+. The molecule has 0 atom stereocenters. The summed E-state index contributed by atoms with van der Waals surface area (Å²) in [6.07, 6.45) is 4.92. The topological polar surface area (TPSA) is 57.6 Å². The molecule has 2 aromatic rings. The van der Waals surface area contributed by atoms with Crippen LogP contribution in [0.2, 0.25) is 0 Å². The Labute approximate surface area is 118 Å². The fourth-order valence-electron chi connectivity index (χ4n) is 1.59. The van der Waals surface area contributed by atoms with Gasteiger partial charge in [0.05, 0.1) is 6.21 Å². The van der Waals surface area contributed by atoms with Crippen molar-refractivity contribution < 1.29 is 4.79 Å². The monoisotopic (exact) mass is 268 g/mol. The maximum Gasteiger partial charge on any atom is 0.271 e. The second-order valence-corrected chi connectivity index (χ2v) is 4.42. The second-order valence-electron chi connectivity index (χ2n) is 4.42. The summed E-state index contributed by atoms with van der Waals surface area (Å²) in [5.41, 5.74) is 4.99. The van der Waals surface area contributed by atoms with E-state index in [2.05, 4.69) is 15.5 Å². The predicted octanol–water partition coefficient (Wildman–Crippen LogP) is 1.91. The summed E-state index contributed by atoms with van der Waals surface area (Å²) in [6, 6.07) is 10.9. The molecule has 0 radical (unpaired) electrons. The fourth-order valence-corrected chi connectivity index (χ4v) is 1.59. The third-order valence-electron chi connectivity index (χ3n) is 2.73. The van der Waals surface area contributed by atoms with Gasteiger partial charge < -0.3 is 4.90 Å². The van der Waals surface area contributed by atoms with Crippen LogP contribution in [0.3, 0.4) is 0 Å². The number of pyridine rings is 1. The largest absolute Gasteiger partial charge is 0.378 e. The van der Waals surface area contributed by atoms with Gasteiger partial charge in [-0.05, 0) is 42.0 Å². The van der Waals surface area contributed by atoms with E-state index in [1.165, 1.54) is 0 Å². The van der Waals surface area contributed by atoms with Gasteiger partial charge in [-0.2, -0.15) is 5.10 Å². The van der Waals surface area contributed by atoms with Crippen molar-refractivity contribution in [3.63, 3.8) is 0 Å². The lowest BCUT2D eigenvalue weighted by molar-refractivity contribution is 0.0955. The molecule has 0 aliphatic heterocycles. The average Bonchev–Trinajstić information content (AvgIpc) is 2.48. The zero-order valence-electron chi connectivity index (χ0n) is 11.4. The van der Waals surface area contributed by atoms with E-state index in [0.717, 1.165) is 11.3 Å². The first-order valence-corrected chi connectivity index (χ1v) is 6.17.